The van der Waals surface area contributed by atoms with Crippen molar-refractivity contribution >= 4 is 17.2 Å². The van der Waals surface area contributed by atoms with Crippen molar-refractivity contribution in [2.45, 2.75) is 13.2 Å². The summed E-state index contributed by atoms with van der Waals surface area (Å²) in [5, 5.41) is 18.3. The van der Waals surface area contributed by atoms with Gasteiger partial charge in [-0.3, -0.25) is 0 Å². The average molecular weight is 356 g/mol. The number of phenolic OH excluding ortho intramolecular Hbond substituents is 1. The first-order valence-electron chi connectivity index (χ1n) is 7.60. The third-order valence-electron chi connectivity index (χ3n) is 3.58. The number of imidazole rings is 1. The number of benzene rings is 1. The van der Waals surface area contributed by atoms with Gasteiger partial charge in [-0.2, -0.15) is 0 Å². The summed E-state index contributed by atoms with van der Waals surface area (Å²) < 4.78 is 9.16. The first-order chi connectivity index (χ1) is 12.2. The van der Waals surface area contributed by atoms with Crippen molar-refractivity contribution in [1.29, 1.82) is 0 Å². The van der Waals surface area contributed by atoms with Gasteiger partial charge in [-0.05, 0) is 24.3 Å². The number of rotatable bonds is 5. The Morgan fingerprint density at radius 3 is 2.88 bits per heavy atom. The van der Waals surface area contributed by atoms with Gasteiger partial charge in [0.25, 0.3) is 0 Å². The largest absolute Gasteiger partial charge is 0.508 e. The number of halogens is 1. The molecule has 0 bridgehead atoms. The SMILES string of the molecule is Oc1cccc(OCc2cn(Cc3cn4cc(Cl)ccc4n3)nn2)c1. The Morgan fingerprint density at radius 1 is 1.08 bits per heavy atom. The number of pyridine rings is 1. The van der Waals surface area contributed by atoms with E-state index in [-0.39, 0.29) is 12.4 Å². The van der Waals surface area contributed by atoms with Crippen LogP contribution in [0, 0.1) is 0 Å². The van der Waals surface area contributed by atoms with E-state index >= 15 is 0 Å². The van der Waals surface area contributed by atoms with Gasteiger partial charge >= 0.3 is 0 Å². The van der Waals surface area contributed by atoms with Crippen molar-refractivity contribution in [2.75, 3.05) is 0 Å². The first-order valence-corrected chi connectivity index (χ1v) is 7.97. The molecule has 0 saturated carbocycles. The second-order valence-electron chi connectivity index (χ2n) is 5.54. The maximum Gasteiger partial charge on any atom is 0.137 e. The molecule has 0 amide bonds. The molecule has 0 atom stereocenters. The minimum atomic E-state index is 0.160. The summed E-state index contributed by atoms with van der Waals surface area (Å²) in [6.07, 6.45) is 5.52. The minimum Gasteiger partial charge on any atom is -0.508 e. The molecule has 0 unspecified atom stereocenters. The maximum absolute atomic E-state index is 9.43. The Labute approximate surface area is 148 Å². The molecule has 1 N–H and O–H groups in total. The zero-order chi connectivity index (χ0) is 17.2. The van der Waals surface area contributed by atoms with Gasteiger partial charge in [-0.1, -0.05) is 22.9 Å². The monoisotopic (exact) mass is 355 g/mol. The summed E-state index contributed by atoms with van der Waals surface area (Å²) in [4.78, 5) is 4.52. The molecule has 0 aliphatic heterocycles. The standard InChI is InChI=1S/C17H14ClN5O2/c18-12-4-5-17-19-13(8-22(17)7-12)9-23-10-14(20-21-23)11-25-16-3-1-2-15(24)6-16/h1-8,10,24H,9,11H2. The van der Waals surface area contributed by atoms with E-state index in [0.717, 1.165) is 11.3 Å². The average Bonchev–Trinajstić information content (AvgIpc) is 3.19. The zero-order valence-corrected chi connectivity index (χ0v) is 13.8. The van der Waals surface area contributed by atoms with Gasteiger partial charge < -0.3 is 14.2 Å². The van der Waals surface area contributed by atoms with Crippen LogP contribution in [0.25, 0.3) is 5.65 Å². The van der Waals surface area contributed by atoms with Crippen LogP contribution in [0.3, 0.4) is 0 Å². The van der Waals surface area contributed by atoms with Gasteiger partial charge in [0.15, 0.2) is 0 Å². The lowest BCUT2D eigenvalue weighted by molar-refractivity contribution is 0.299. The van der Waals surface area contributed by atoms with E-state index in [9.17, 15) is 5.11 Å². The Kier molecular flexibility index (Phi) is 3.99. The van der Waals surface area contributed by atoms with Crippen molar-refractivity contribution in [3.63, 3.8) is 0 Å². The molecule has 0 fully saturated rings. The Balaban J connectivity index is 1.43. The quantitative estimate of drug-likeness (QED) is 0.595. The van der Waals surface area contributed by atoms with Crippen molar-refractivity contribution in [3.05, 3.63) is 71.4 Å². The highest BCUT2D eigenvalue weighted by molar-refractivity contribution is 6.30. The van der Waals surface area contributed by atoms with E-state index in [2.05, 4.69) is 15.3 Å². The normalized spacial score (nSPS) is 11.1. The van der Waals surface area contributed by atoms with Gasteiger partial charge in [0.1, 0.15) is 29.4 Å². The van der Waals surface area contributed by atoms with Gasteiger partial charge in [0.2, 0.25) is 0 Å². The number of ether oxygens (including phenoxy) is 1. The number of phenols is 1. The first kappa shape index (κ1) is 15.5. The fraction of sp³-hybridized carbons (Fsp3) is 0.118. The number of nitrogens with zero attached hydrogens (tertiary/aromatic N) is 5. The number of hydrogen-bond acceptors (Lipinski definition) is 5. The van der Waals surface area contributed by atoms with Crippen molar-refractivity contribution in [1.82, 2.24) is 24.4 Å². The fourth-order valence-corrected chi connectivity index (χ4v) is 2.64. The summed E-state index contributed by atoms with van der Waals surface area (Å²) in [6, 6.07) is 10.3. The highest BCUT2D eigenvalue weighted by Crippen LogP contribution is 2.18. The third-order valence-corrected chi connectivity index (χ3v) is 3.80. The van der Waals surface area contributed by atoms with Gasteiger partial charge in [0.05, 0.1) is 23.5 Å². The van der Waals surface area contributed by atoms with Crippen molar-refractivity contribution < 1.29 is 9.84 Å². The number of hydrogen-bond donors (Lipinski definition) is 1. The molecular formula is C17H14ClN5O2. The van der Waals surface area contributed by atoms with E-state index < -0.39 is 0 Å². The van der Waals surface area contributed by atoms with E-state index in [1.807, 2.05) is 22.9 Å². The second-order valence-corrected chi connectivity index (χ2v) is 5.97. The van der Waals surface area contributed by atoms with Crippen molar-refractivity contribution in [2.24, 2.45) is 0 Å². The number of aromatic nitrogens is 5. The van der Waals surface area contributed by atoms with Gasteiger partial charge in [0, 0.05) is 18.5 Å². The molecule has 8 heteroatoms. The molecule has 0 aliphatic carbocycles. The lowest BCUT2D eigenvalue weighted by Gasteiger charge is -2.03. The summed E-state index contributed by atoms with van der Waals surface area (Å²) in [5.41, 5.74) is 2.37. The third kappa shape index (κ3) is 3.56. The molecule has 0 spiro atoms. The molecule has 3 heterocycles. The van der Waals surface area contributed by atoms with Crippen LogP contribution >= 0.6 is 11.6 Å². The van der Waals surface area contributed by atoms with Crippen LogP contribution < -0.4 is 4.74 Å². The molecule has 126 valence electrons. The highest BCUT2D eigenvalue weighted by atomic mass is 35.5. The van der Waals surface area contributed by atoms with Crippen LogP contribution in [0.5, 0.6) is 11.5 Å². The molecule has 0 radical (unpaired) electrons. The smallest absolute Gasteiger partial charge is 0.137 e. The number of fused-ring (bicyclic) bond motifs is 1. The Morgan fingerprint density at radius 2 is 2.00 bits per heavy atom. The molecule has 1 aromatic carbocycles. The molecular weight excluding hydrogens is 342 g/mol. The predicted octanol–water partition coefficient (Wildman–Crippen LogP) is 2.91. The van der Waals surface area contributed by atoms with E-state index in [1.165, 1.54) is 0 Å². The van der Waals surface area contributed by atoms with E-state index in [0.29, 0.717) is 23.0 Å². The van der Waals surface area contributed by atoms with E-state index in [4.69, 9.17) is 16.3 Å². The zero-order valence-electron chi connectivity index (χ0n) is 13.1. The lowest BCUT2D eigenvalue weighted by atomic mass is 10.3. The Bertz CT molecular complexity index is 1030. The fourth-order valence-electron chi connectivity index (χ4n) is 2.47. The second kappa shape index (κ2) is 6.45. The van der Waals surface area contributed by atoms with E-state index in [1.54, 1.807) is 41.2 Å². The van der Waals surface area contributed by atoms with Gasteiger partial charge in [-0.15, -0.1) is 5.10 Å². The Hall–Kier alpha value is -3.06. The lowest BCUT2D eigenvalue weighted by Crippen LogP contribution is -2.00. The maximum atomic E-state index is 9.43. The van der Waals surface area contributed by atoms with Crippen LogP contribution in [0.15, 0.2) is 55.0 Å². The molecule has 25 heavy (non-hydrogen) atoms. The summed E-state index contributed by atoms with van der Waals surface area (Å²) in [7, 11) is 0. The van der Waals surface area contributed by atoms with Crippen LogP contribution in [0.1, 0.15) is 11.4 Å². The summed E-state index contributed by atoms with van der Waals surface area (Å²) in [6.45, 7) is 0.767. The topological polar surface area (TPSA) is 77.5 Å². The molecule has 0 aliphatic rings. The van der Waals surface area contributed by atoms with Gasteiger partial charge in [-0.25, -0.2) is 9.67 Å². The minimum absolute atomic E-state index is 0.160. The van der Waals surface area contributed by atoms with Crippen LogP contribution in [-0.2, 0) is 13.2 Å². The summed E-state index contributed by atoms with van der Waals surface area (Å²) >= 11 is 5.98. The van der Waals surface area contributed by atoms with Crippen LogP contribution in [0.4, 0.5) is 0 Å². The number of aromatic hydroxyl groups is 1. The molecule has 0 saturated heterocycles. The van der Waals surface area contributed by atoms with Crippen molar-refractivity contribution in [3.8, 4) is 11.5 Å². The molecule has 3 aromatic heterocycles. The molecule has 7 nitrogen and oxygen atoms in total. The predicted molar refractivity (Wildman–Crippen MR) is 91.8 cm³/mol. The highest BCUT2D eigenvalue weighted by Gasteiger charge is 2.06. The van der Waals surface area contributed by atoms with Crippen LogP contribution in [0.2, 0.25) is 5.02 Å². The molecule has 4 rings (SSSR count). The molecule has 4 aromatic rings. The summed E-state index contributed by atoms with van der Waals surface area (Å²) in [5.74, 6) is 0.736. The van der Waals surface area contributed by atoms with Crippen LogP contribution in [-0.4, -0.2) is 29.5 Å².